The summed E-state index contributed by atoms with van der Waals surface area (Å²) in [6.45, 7) is 2.46. The summed E-state index contributed by atoms with van der Waals surface area (Å²) in [5, 5.41) is 0. The number of aromatic nitrogens is 2. The highest BCUT2D eigenvalue weighted by molar-refractivity contribution is 5.76. The predicted octanol–water partition coefficient (Wildman–Crippen LogP) is 2.05. The number of ether oxygens (including phenoxy) is 2. The lowest BCUT2D eigenvalue weighted by Crippen LogP contribution is -2.47. The summed E-state index contributed by atoms with van der Waals surface area (Å²) in [4.78, 5) is 20.7. The van der Waals surface area contributed by atoms with E-state index in [1.165, 1.54) is 0 Å². The predicted molar refractivity (Wildman–Crippen MR) is 106 cm³/mol. The molecule has 2 aliphatic rings. The maximum Gasteiger partial charge on any atom is 0.224 e. The third-order valence-corrected chi connectivity index (χ3v) is 5.78. The fourth-order valence-electron chi connectivity index (χ4n) is 4.19. The highest BCUT2D eigenvalue weighted by Crippen LogP contribution is 2.34. The summed E-state index contributed by atoms with van der Waals surface area (Å²) in [6, 6.07) is 8.79. The molecule has 0 unspecified atom stereocenters. The zero-order valence-electron chi connectivity index (χ0n) is 16.7. The van der Waals surface area contributed by atoms with Gasteiger partial charge >= 0.3 is 0 Å². The normalized spacial score (nSPS) is 24.8. The van der Waals surface area contributed by atoms with Crippen molar-refractivity contribution >= 4 is 5.91 Å². The fourth-order valence-corrected chi connectivity index (χ4v) is 4.19. The number of nitrogens with zero attached hydrogens (tertiary/aromatic N) is 4. The van der Waals surface area contributed by atoms with Crippen molar-refractivity contribution in [2.45, 2.75) is 31.0 Å². The molecule has 3 atom stereocenters. The van der Waals surface area contributed by atoms with Crippen LogP contribution in [0, 0.1) is 0 Å². The van der Waals surface area contributed by atoms with Gasteiger partial charge in [-0.25, -0.2) is 4.98 Å². The van der Waals surface area contributed by atoms with Gasteiger partial charge in [0.2, 0.25) is 5.91 Å². The Kier molecular flexibility index (Phi) is 5.37. The van der Waals surface area contributed by atoms with Crippen LogP contribution in [0.25, 0.3) is 11.4 Å². The standard InChI is InChI=1S/C21H28N4O3/c1-23(2)20(26)11-19-13-24-12-16(10-17(24)14-28-19)25-9-8-22-21(25)15-4-6-18(27-3)7-5-15/h4-9,16-17,19H,10-14H2,1-3H3/t16-,17+,19+/m1/s1. The van der Waals surface area contributed by atoms with Gasteiger partial charge in [-0.3, -0.25) is 9.69 Å². The monoisotopic (exact) mass is 384 g/mol. The van der Waals surface area contributed by atoms with Crippen LogP contribution in [-0.2, 0) is 9.53 Å². The lowest BCUT2D eigenvalue weighted by molar-refractivity contribution is -0.134. The molecule has 0 spiro atoms. The average molecular weight is 384 g/mol. The second-order valence-corrected chi connectivity index (χ2v) is 7.83. The Bertz CT molecular complexity index is 817. The van der Waals surface area contributed by atoms with E-state index in [4.69, 9.17) is 9.47 Å². The van der Waals surface area contributed by atoms with Crippen LogP contribution in [0.3, 0.4) is 0 Å². The Balaban J connectivity index is 1.45. The summed E-state index contributed by atoms with van der Waals surface area (Å²) >= 11 is 0. The van der Waals surface area contributed by atoms with E-state index in [-0.39, 0.29) is 12.0 Å². The van der Waals surface area contributed by atoms with Crippen LogP contribution in [0.5, 0.6) is 5.75 Å². The summed E-state index contributed by atoms with van der Waals surface area (Å²) in [5.74, 6) is 1.94. The second kappa shape index (κ2) is 7.93. The minimum absolute atomic E-state index is 0.0197. The maximum atomic E-state index is 12.0. The van der Waals surface area contributed by atoms with Crippen LogP contribution in [0.2, 0.25) is 0 Å². The summed E-state index contributed by atoms with van der Waals surface area (Å²) < 4.78 is 13.5. The van der Waals surface area contributed by atoms with Gasteiger partial charge in [0.1, 0.15) is 11.6 Å². The number of hydrogen-bond acceptors (Lipinski definition) is 5. The Morgan fingerprint density at radius 1 is 1.25 bits per heavy atom. The number of rotatable bonds is 5. The quantitative estimate of drug-likeness (QED) is 0.790. The molecule has 0 aliphatic carbocycles. The number of fused-ring (bicyclic) bond motifs is 1. The molecule has 2 saturated heterocycles. The third kappa shape index (κ3) is 3.77. The topological polar surface area (TPSA) is 59.8 Å². The van der Waals surface area contributed by atoms with Gasteiger partial charge in [0.25, 0.3) is 0 Å². The first-order valence-electron chi connectivity index (χ1n) is 9.78. The highest BCUT2D eigenvalue weighted by atomic mass is 16.5. The van der Waals surface area contributed by atoms with Gasteiger partial charge in [-0.05, 0) is 30.7 Å². The van der Waals surface area contributed by atoms with E-state index < -0.39 is 0 Å². The molecule has 0 N–H and O–H groups in total. The zero-order chi connectivity index (χ0) is 19.7. The van der Waals surface area contributed by atoms with E-state index in [1.807, 2.05) is 30.5 Å². The number of carbonyl (C=O) groups excluding carboxylic acids is 1. The van der Waals surface area contributed by atoms with E-state index in [2.05, 4.69) is 20.6 Å². The van der Waals surface area contributed by atoms with E-state index in [0.29, 0.717) is 25.1 Å². The maximum absolute atomic E-state index is 12.0. The average Bonchev–Trinajstić information content (AvgIpc) is 3.34. The summed E-state index contributed by atoms with van der Waals surface area (Å²) in [6.07, 6.45) is 5.40. The van der Waals surface area contributed by atoms with E-state index >= 15 is 0 Å². The van der Waals surface area contributed by atoms with Gasteiger partial charge < -0.3 is 18.9 Å². The van der Waals surface area contributed by atoms with Gasteiger partial charge in [-0.2, -0.15) is 0 Å². The summed E-state index contributed by atoms with van der Waals surface area (Å²) in [5.41, 5.74) is 1.08. The van der Waals surface area contributed by atoms with E-state index in [0.717, 1.165) is 36.6 Å². The number of amides is 1. The van der Waals surface area contributed by atoms with Crippen molar-refractivity contribution in [2.75, 3.05) is 40.9 Å². The lowest BCUT2D eigenvalue weighted by atomic mass is 10.1. The van der Waals surface area contributed by atoms with Crippen molar-refractivity contribution in [1.29, 1.82) is 0 Å². The molecule has 1 amide bonds. The number of hydrogen-bond donors (Lipinski definition) is 0. The number of carbonyl (C=O) groups is 1. The van der Waals surface area contributed by atoms with Crippen LogP contribution < -0.4 is 4.74 Å². The van der Waals surface area contributed by atoms with Crippen molar-refractivity contribution in [1.82, 2.24) is 19.4 Å². The Morgan fingerprint density at radius 3 is 2.75 bits per heavy atom. The SMILES string of the molecule is COc1ccc(-c2nccn2[C@@H]2C[C@H]3CO[C@@H](CC(=O)N(C)C)CN3C2)cc1. The minimum Gasteiger partial charge on any atom is -0.497 e. The number of imidazole rings is 1. The molecule has 3 heterocycles. The third-order valence-electron chi connectivity index (χ3n) is 5.78. The highest BCUT2D eigenvalue weighted by Gasteiger charge is 2.39. The van der Waals surface area contributed by atoms with Crippen molar-refractivity contribution < 1.29 is 14.3 Å². The van der Waals surface area contributed by atoms with Gasteiger partial charge in [0.15, 0.2) is 0 Å². The number of morpholine rings is 1. The van der Waals surface area contributed by atoms with E-state index in [1.54, 1.807) is 26.1 Å². The van der Waals surface area contributed by atoms with Crippen molar-refractivity contribution in [2.24, 2.45) is 0 Å². The molecule has 4 rings (SSSR count). The molecule has 1 aromatic carbocycles. The molecule has 2 aromatic rings. The first-order valence-corrected chi connectivity index (χ1v) is 9.78. The molecule has 150 valence electrons. The molecule has 1 aromatic heterocycles. The van der Waals surface area contributed by atoms with Crippen molar-refractivity contribution in [3.63, 3.8) is 0 Å². The molecular weight excluding hydrogens is 356 g/mol. The zero-order valence-corrected chi connectivity index (χ0v) is 16.7. The molecule has 0 bridgehead atoms. The van der Waals surface area contributed by atoms with Crippen LogP contribution in [0.4, 0.5) is 0 Å². The lowest BCUT2D eigenvalue weighted by Gasteiger charge is -2.35. The smallest absolute Gasteiger partial charge is 0.224 e. The first-order chi connectivity index (χ1) is 13.5. The van der Waals surface area contributed by atoms with E-state index in [9.17, 15) is 4.79 Å². The van der Waals surface area contributed by atoms with Crippen LogP contribution in [-0.4, -0.2) is 78.3 Å². The Labute approximate surface area is 165 Å². The molecule has 7 nitrogen and oxygen atoms in total. The number of benzene rings is 1. The fraction of sp³-hybridized carbons (Fsp3) is 0.524. The van der Waals surface area contributed by atoms with Crippen LogP contribution in [0.15, 0.2) is 36.7 Å². The van der Waals surface area contributed by atoms with Gasteiger partial charge in [0.05, 0.1) is 26.2 Å². The van der Waals surface area contributed by atoms with Gasteiger partial charge in [-0.15, -0.1) is 0 Å². The summed E-state index contributed by atoms with van der Waals surface area (Å²) in [7, 11) is 5.26. The van der Waals surface area contributed by atoms with Crippen LogP contribution in [0.1, 0.15) is 18.9 Å². The molecule has 28 heavy (non-hydrogen) atoms. The molecular formula is C21H28N4O3. The second-order valence-electron chi connectivity index (χ2n) is 7.83. The molecule has 2 fully saturated rings. The molecule has 7 heteroatoms. The largest absolute Gasteiger partial charge is 0.497 e. The van der Waals surface area contributed by atoms with Gasteiger partial charge in [0, 0.05) is 57.2 Å². The molecule has 0 radical (unpaired) electrons. The first kappa shape index (κ1) is 19.0. The Hall–Kier alpha value is -2.38. The molecule has 2 aliphatic heterocycles. The molecule has 0 saturated carbocycles. The Morgan fingerprint density at radius 2 is 2.04 bits per heavy atom. The number of methoxy groups -OCH3 is 1. The van der Waals surface area contributed by atoms with Crippen LogP contribution >= 0.6 is 0 Å². The van der Waals surface area contributed by atoms with Gasteiger partial charge in [-0.1, -0.05) is 0 Å². The van der Waals surface area contributed by atoms with Crippen molar-refractivity contribution in [3.05, 3.63) is 36.7 Å². The van der Waals surface area contributed by atoms with Crippen molar-refractivity contribution in [3.8, 4) is 17.1 Å². The minimum atomic E-state index is -0.0197.